The van der Waals surface area contributed by atoms with E-state index in [1.54, 1.807) is 11.6 Å². The fraction of sp³-hybridized carbons (Fsp3) is 0.500. The number of nitrogen functional groups attached to an aromatic ring is 1. The Morgan fingerprint density at radius 2 is 2.42 bits per heavy atom. The molecule has 19 heavy (non-hydrogen) atoms. The van der Waals surface area contributed by atoms with E-state index in [9.17, 15) is 8.42 Å². The van der Waals surface area contributed by atoms with Crippen LogP contribution in [-0.2, 0) is 10.0 Å². The van der Waals surface area contributed by atoms with Gasteiger partial charge in [-0.1, -0.05) is 13.3 Å². The third-order valence-corrected chi connectivity index (χ3v) is 5.63. The van der Waals surface area contributed by atoms with Crippen LogP contribution in [0.15, 0.2) is 16.6 Å². The van der Waals surface area contributed by atoms with Gasteiger partial charge in [-0.2, -0.15) is 4.98 Å². The van der Waals surface area contributed by atoms with E-state index in [0.717, 1.165) is 12.8 Å². The van der Waals surface area contributed by atoms with Crippen molar-refractivity contribution in [1.82, 2.24) is 14.1 Å². The SMILES string of the molecule is CCC1CC1NS(=O)(=O)c1c(NN)nc2sccn12. The van der Waals surface area contributed by atoms with Crippen LogP contribution in [0.1, 0.15) is 19.8 Å². The fourth-order valence-corrected chi connectivity index (χ4v) is 4.55. The van der Waals surface area contributed by atoms with Crippen molar-refractivity contribution in [2.75, 3.05) is 5.43 Å². The number of hydrogen-bond donors (Lipinski definition) is 3. The maximum Gasteiger partial charge on any atom is 0.260 e. The molecule has 0 aliphatic heterocycles. The molecule has 3 rings (SSSR count). The van der Waals surface area contributed by atoms with Crippen molar-refractivity contribution in [2.24, 2.45) is 11.8 Å². The van der Waals surface area contributed by atoms with E-state index in [2.05, 4.69) is 22.1 Å². The first kappa shape index (κ1) is 12.9. The van der Waals surface area contributed by atoms with Gasteiger partial charge in [-0.3, -0.25) is 4.40 Å². The quantitative estimate of drug-likeness (QED) is 0.559. The molecular formula is C10H15N5O2S2. The van der Waals surface area contributed by atoms with Gasteiger partial charge in [-0.15, -0.1) is 11.3 Å². The van der Waals surface area contributed by atoms with E-state index >= 15 is 0 Å². The van der Waals surface area contributed by atoms with Crippen molar-refractivity contribution in [3.05, 3.63) is 11.6 Å². The van der Waals surface area contributed by atoms with Gasteiger partial charge < -0.3 is 5.43 Å². The summed E-state index contributed by atoms with van der Waals surface area (Å²) in [4.78, 5) is 4.74. The molecule has 2 aromatic heterocycles. The van der Waals surface area contributed by atoms with Crippen molar-refractivity contribution >= 4 is 32.1 Å². The highest BCUT2D eigenvalue weighted by Gasteiger charge is 2.40. The molecule has 1 saturated carbocycles. The fourth-order valence-electron chi connectivity index (χ4n) is 2.21. The van der Waals surface area contributed by atoms with Crippen LogP contribution in [0.2, 0.25) is 0 Å². The maximum atomic E-state index is 12.4. The molecule has 1 aliphatic rings. The molecule has 2 unspecified atom stereocenters. The molecule has 7 nitrogen and oxygen atoms in total. The third-order valence-electron chi connectivity index (χ3n) is 3.36. The van der Waals surface area contributed by atoms with Gasteiger partial charge in [-0.25, -0.2) is 19.0 Å². The number of anilines is 1. The lowest BCUT2D eigenvalue weighted by molar-refractivity contribution is 0.571. The molecule has 104 valence electrons. The number of hydrogen-bond acceptors (Lipinski definition) is 6. The smallest absolute Gasteiger partial charge is 0.260 e. The Morgan fingerprint density at radius 1 is 1.63 bits per heavy atom. The standard InChI is InChI=1S/C10H15N5O2S2/c1-2-6-5-7(6)14-19(16,17)9-8(13-11)12-10-15(9)3-4-18-10/h3-4,6-7,13-14H,2,5,11H2,1H3. The number of sulfonamides is 1. The lowest BCUT2D eigenvalue weighted by Crippen LogP contribution is -2.29. The zero-order chi connectivity index (χ0) is 13.6. The van der Waals surface area contributed by atoms with Crippen molar-refractivity contribution in [1.29, 1.82) is 0 Å². The van der Waals surface area contributed by atoms with Crippen LogP contribution in [0.4, 0.5) is 5.82 Å². The second kappa shape index (κ2) is 4.44. The molecule has 0 spiro atoms. The minimum Gasteiger partial charge on any atom is -0.306 e. The molecule has 2 aromatic rings. The van der Waals surface area contributed by atoms with E-state index in [1.807, 2.05) is 0 Å². The number of fused-ring (bicyclic) bond motifs is 1. The highest BCUT2D eigenvalue weighted by atomic mass is 32.2. The Morgan fingerprint density at radius 3 is 3.05 bits per heavy atom. The zero-order valence-electron chi connectivity index (χ0n) is 10.3. The molecule has 1 aliphatic carbocycles. The average Bonchev–Trinajstić information content (AvgIpc) is 2.79. The number of nitrogens with two attached hydrogens (primary N) is 1. The van der Waals surface area contributed by atoms with Crippen molar-refractivity contribution in [3.8, 4) is 0 Å². The van der Waals surface area contributed by atoms with Crippen LogP contribution >= 0.6 is 11.3 Å². The van der Waals surface area contributed by atoms with Gasteiger partial charge in [0.1, 0.15) is 0 Å². The largest absolute Gasteiger partial charge is 0.306 e. The van der Waals surface area contributed by atoms with Crippen molar-refractivity contribution in [3.63, 3.8) is 0 Å². The van der Waals surface area contributed by atoms with Crippen LogP contribution in [0.3, 0.4) is 0 Å². The molecule has 9 heteroatoms. The van der Waals surface area contributed by atoms with Gasteiger partial charge in [-0.05, 0) is 12.3 Å². The first-order valence-corrected chi connectivity index (χ1v) is 8.37. The minimum atomic E-state index is -3.62. The Labute approximate surface area is 114 Å². The lowest BCUT2D eigenvalue weighted by atomic mass is 10.3. The van der Waals surface area contributed by atoms with E-state index in [4.69, 9.17) is 5.84 Å². The summed E-state index contributed by atoms with van der Waals surface area (Å²) in [5.74, 6) is 5.97. The van der Waals surface area contributed by atoms with Gasteiger partial charge in [0.2, 0.25) is 5.03 Å². The molecule has 0 aromatic carbocycles. The summed E-state index contributed by atoms with van der Waals surface area (Å²) in [6, 6.07) is 0.0322. The minimum absolute atomic E-state index is 0.0322. The lowest BCUT2D eigenvalue weighted by Gasteiger charge is -2.07. The Hall–Kier alpha value is -1.16. The summed E-state index contributed by atoms with van der Waals surface area (Å²) in [5, 5.41) is 1.86. The van der Waals surface area contributed by atoms with Crippen LogP contribution < -0.4 is 16.0 Å². The number of aromatic nitrogens is 2. The predicted octanol–water partition coefficient (Wildman–Crippen LogP) is 0.758. The maximum absolute atomic E-state index is 12.4. The summed E-state index contributed by atoms with van der Waals surface area (Å²) in [6.45, 7) is 2.06. The topological polar surface area (TPSA) is 102 Å². The van der Waals surface area contributed by atoms with Gasteiger partial charge in [0.25, 0.3) is 10.0 Å². The summed E-state index contributed by atoms with van der Waals surface area (Å²) in [6.07, 6.45) is 3.55. The normalized spacial score (nSPS) is 22.8. The second-order valence-corrected chi connectivity index (χ2v) is 7.10. The summed E-state index contributed by atoms with van der Waals surface area (Å²) in [7, 11) is -3.62. The number of thiazole rings is 1. The highest BCUT2D eigenvalue weighted by Crippen LogP contribution is 2.35. The summed E-state index contributed by atoms with van der Waals surface area (Å²) < 4.78 is 29.1. The first-order chi connectivity index (χ1) is 9.06. The zero-order valence-corrected chi connectivity index (χ0v) is 12.0. The Balaban J connectivity index is 2.00. The van der Waals surface area contributed by atoms with Crippen LogP contribution in [0.5, 0.6) is 0 Å². The molecule has 0 radical (unpaired) electrons. The Kier molecular flexibility index (Phi) is 3.01. The van der Waals surface area contributed by atoms with E-state index in [1.165, 1.54) is 15.7 Å². The van der Waals surface area contributed by atoms with Gasteiger partial charge >= 0.3 is 0 Å². The van der Waals surface area contributed by atoms with E-state index in [-0.39, 0.29) is 16.9 Å². The van der Waals surface area contributed by atoms with E-state index in [0.29, 0.717) is 10.9 Å². The monoisotopic (exact) mass is 301 g/mol. The van der Waals surface area contributed by atoms with Crippen molar-refractivity contribution < 1.29 is 8.42 Å². The van der Waals surface area contributed by atoms with Gasteiger partial charge in [0.15, 0.2) is 10.8 Å². The third kappa shape index (κ3) is 2.12. The number of rotatable bonds is 5. The molecule has 0 bridgehead atoms. The molecule has 0 saturated heterocycles. The van der Waals surface area contributed by atoms with E-state index < -0.39 is 10.0 Å². The molecule has 1 fully saturated rings. The second-order valence-electron chi connectivity index (χ2n) is 4.60. The molecule has 2 atom stereocenters. The highest BCUT2D eigenvalue weighted by molar-refractivity contribution is 7.89. The predicted molar refractivity (Wildman–Crippen MR) is 73.4 cm³/mol. The first-order valence-electron chi connectivity index (χ1n) is 6.01. The summed E-state index contributed by atoms with van der Waals surface area (Å²) >= 11 is 1.36. The molecule has 4 N–H and O–H groups in total. The average molecular weight is 301 g/mol. The van der Waals surface area contributed by atoms with Crippen LogP contribution in [-0.4, -0.2) is 23.8 Å². The van der Waals surface area contributed by atoms with Gasteiger partial charge in [0, 0.05) is 17.6 Å². The number of nitrogens with one attached hydrogen (secondary N) is 2. The van der Waals surface area contributed by atoms with Crippen LogP contribution in [0, 0.1) is 5.92 Å². The number of nitrogens with zero attached hydrogens (tertiary/aromatic N) is 2. The Bertz CT molecular complexity index is 705. The number of hydrazine groups is 1. The van der Waals surface area contributed by atoms with Crippen LogP contribution in [0.25, 0.3) is 4.96 Å². The summed E-state index contributed by atoms with van der Waals surface area (Å²) in [5.41, 5.74) is 2.35. The number of imidazole rings is 1. The van der Waals surface area contributed by atoms with Crippen molar-refractivity contribution in [2.45, 2.75) is 30.8 Å². The molecule has 2 heterocycles. The molecular weight excluding hydrogens is 286 g/mol. The molecule has 0 amide bonds. The van der Waals surface area contributed by atoms with Gasteiger partial charge in [0.05, 0.1) is 0 Å².